The predicted molar refractivity (Wildman–Crippen MR) is 133 cm³/mol. The quantitative estimate of drug-likeness (QED) is 0.476. The van der Waals surface area contributed by atoms with E-state index in [2.05, 4.69) is 11.0 Å². The summed E-state index contributed by atoms with van der Waals surface area (Å²) in [6.07, 6.45) is 2.54. The molecule has 0 spiro atoms. The second kappa shape index (κ2) is 9.77. The average Bonchev–Trinajstić information content (AvgIpc) is 2.98. The van der Waals surface area contributed by atoms with E-state index in [1.165, 1.54) is 11.8 Å². The molecule has 7 nitrogen and oxygen atoms in total. The molecule has 2 atom stereocenters. The van der Waals surface area contributed by atoms with E-state index in [0.29, 0.717) is 34.4 Å². The van der Waals surface area contributed by atoms with Crippen molar-refractivity contribution in [1.29, 1.82) is 5.26 Å². The van der Waals surface area contributed by atoms with E-state index in [1.54, 1.807) is 16.4 Å². The maximum atomic E-state index is 13.2. The van der Waals surface area contributed by atoms with Crippen LogP contribution in [-0.4, -0.2) is 51.0 Å². The molecular formula is C23H30N4O3S2. The van der Waals surface area contributed by atoms with Gasteiger partial charge in [-0.2, -0.15) is 5.26 Å². The number of amides is 1. The number of rotatable bonds is 5. The van der Waals surface area contributed by atoms with E-state index in [9.17, 15) is 14.9 Å². The molecule has 1 amide bonds. The van der Waals surface area contributed by atoms with Crippen LogP contribution in [0.2, 0.25) is 0 Å². The summed E-state index contributed by atoms with van der Waals surface area (Å²) in [7, 11) is 0. The van der Waals surface area contributed by atoms with Gasteiger partial charge in [0.05, 0.1) is 17.1 Å². The number of nitrogens with zero attached hydrogens (tertiary/aromatic N) is 4. The fraction of sp³-hybridized carbons (Fsp3) is 0.565. The first-order valence-corrected chi connectivity index (χ1v) is 12.2. The summed E-state index contributed by atoms with van der Waals surface area (Å²) in [4.78, 5) is 30.6. The number of carbonyl (C=O) groups excluding carboxylic acids is 1. The summed E-state index contributed by atoms with van der Waals surface area (Å²) in [6, 6.07) is 2.05. The van der Waals surface area contributed by atoms with Crippen molar-refractivity contribution in [1.82, 2.24) is 9.47 Å². The zero-order valence-electron chi connectivity index (χ0n) is 19.5. The Bertz CT molecular complexity index is 1060. The molecule has 3 rings (SSSR count). The number of aromatic nitrogens is 1. The molecule has 9 heteroatoms. The van der Waals surface area contributed by atoms with Gasteiger partial charge in [-0.15, -0.1) is 0 Å². The summed E-state index contributed by atoms with van der Waals surface area (Å²) in [5.74, 6) is 0.598. The number of pyridine rings is 1. The van der Waals surface area contributed by atoms with Crippen LogP contribution in [0.1, 0.15) is 57.7 Å². The van der Waals surface area contributed by atoms with Crippen molar-refractivity contribution in [2.75, 3.05) is 18.0 Å². The summed E-state index contributed by atoms with van der Waals surface area (Å²) in [5.41, 5.74) is 1.13. The van der Waals surface area contributed by atoms with E-state index in [1.807, 2.05) is 40.7 Å². The zero-order chi connectivity index (χ0) is 23.7. The Kier molecular flexibility index (Phi) is 7.48. The highest BCUT2D eigenvalue weighted by Crippen LogP contribution is 2.37. The molecule has 0 aliphatic carbocycles. The standard InChI is InChI=1S/C23H30N4O3S2/c1-7-8-26-20(25-11-14(4)30-15(5)12-25)17(16(6)18(10-24)21(26)28)9-19-22(29)27(13(2)3)23(31)32-19/h9,13-15H,7-8,11-12H2,1-6H3/b19-9-. The van der Waals surface area contributed by atoms with Gasteiger partial charge in [0.1, 0.15) is 21.8 Å². The van der Waals surface area contributed by atoms with Crippen LogP contribution in [0.15, 0.2) is 9.70 Å². The molecule has 0 aromatic carbocycles. The van der Waals surface area contributed by atoms with Crippen LogP contribution in [0.25, 0.3) is 6.08 Å². The normalized spacial score (nSPS) is 22.9. The molecule has 32 heavy (non-hydrogen) atoms. The number of morpholine rings is 1. The van der Waals surface area contributed by atoms with Gasteiger partial charge in [0.15, 0.2) is 0 Å². The van der Waals surface area contributed by atoms with Gasteiger partial charge < -0.3 is 9.64 Å². The number of anilines is 1. The fourth-order valence-corrected chi connectivity index (χ4v) is 5.83. The van der Waals surface area contributed by atoms with E-state index < -0.39 is 0 Å². The highest BCUT2D eigenvalue weighted by molar-refractivity contribution is 8.26. The minimum absolute atomic E-state index is 0.00752. The van der Waals surface area contributed by atoms with Gasteiger partial charge in [0, 0.05) is 31.2 Å². The summed E-state index contributed by atoms with van der Waals surface area (Å²) < 4.78 is 8.11. The first-order valence-electron chi connectivity index (χ1n) is 11.0. The minimum atomic E-state index is -0.291. The molecule has 2 aliphatic rings. The number of thioether (sulfide) groups is 1. The Morgan fingerprint density at radius 2 is 1.91 bits per heavy atom. The average molecular weight is 475 g/mol. The van der Waals surface area contributed by atoms with Crippen LogP contribution in [0.5, 0.6) is 0 Å². The van der Waals surface area contributed by atoms with Crippen LogP contribution in [0.3, 0.4) is 0 Å². The molecule has 0 N–H and O–H groups in total. The van der Waals surface area contributed by atoms with Crippen molar-refractivity contribution in [3.63, 3.8) is 0 Å². The first-order chi connectivity index (χ1) is 15.1. The van der Waals surface area contributed by atoms with Crippen LogP contribution >= 0.6 is 24.0 Å². The van der Waals surface area contributed by atoms with E-state index in [4.69, 9.17) is 17.0 Å². The third-order valence-electron chi connectivity index (χ3n) is 5.63. The lowest BCUT2D eigenvalue weighted by Crippen LogP contribution is -2.48. The van der Waals surface area contributed by atoms with Crippen LogP contribution in [-0.2, 0) is 16.1 Å². The summed E-state index contributed by atoms with van der Waals surface area (Å²) >= 11 is 6.70. The Hall–Kier alpha value is -2.15. The third-order valence-corrected chi connectivity index (χ3v) is 6.96. The smallest absolute Gasteiger partial charge is 0.270 e. The maximum absolute atomic E-state index is 13.2. The SMILES string of the molecule is CCCn1c(N2CC(C)OC(C)C2)c(/C=C2\SC(=S)N(C(C)C)C2=O)c(C)c(C#N)c1=O. The third kappa shape index (κ3) is 4.49. The first kappa shape index (κ1) is 24.5. The van der Waals surface area contributed by atoms with Crippen molar-refractivity contribution in [3.05, 3.63) is 31.9 Å². The van der Waals surface area contributed by atoms with Gasteiger partial charge in [-0.05, 0) is 52.7 Å². The lowest BCUT2D eigenvalue weighted by atomic mass is 10.0. The van der Waals surface area contributed by atoms with Crippen molar-refractivity contribution in [2.24, 2.45) is 0 Å². The maximum Gasteiger partial charge on any atom is 0.270 e. The lowest BCUT2D eigenvalue weighted by molar-refractivity contribution is -0.123. The van der Waals surface area contributed by atoms with Crippen LogP contribution in [0, 0.1) is 18.3 Å². The number of ether oxygens (including phenoxy) is 1. The van der Waals surface area contributed by atoms with E-state index >= 15 is 0 Å². The van der Waals surface area contributed by atoms with E-state index in [-0.39, 0.29) is 35.3 Å². The van der Waals surface area contributed by atoms with Crippen molar-refractivity contribution in [3.8, 4) is 6.07 Å². The molecule has 2 saturated heterocycles. The minimum Gasteiger partial charge on any atom is -0.372 e. The predicted octanol–water partition coefficient (Wildman–Crippen LogP) is 3.66. The topological polar surface area (TPSA) is 78.6 Å². The molecule has 1 aromatic rings. The van der Waals surface area contributed by atoms with Gasteiger partial charge in [0.25, 0.3) is 11.5 Å². The number of nitriles is 1. The number of hydrogen-bond donors (Lipinski definition) is 0. The van der Waals surface area contributed by atoms with Crippen molar-refractivity contribution in [2.45, 2.75) is 72.8 Å². The highest BCUT2D eigenvalue weighted by Gasteiger charge is 2.35. The number of carbonyl (C=O) groups is 1. The number of thiocarbonyl (C=S) groups is 1. The van der Waals surface area contributed by atoms with Gasteiger partial charge in [-0.3, -0.25) is 19.1 Å². The lowest BCUT2D eigenvalue weighted by Gasteiger charge is -2.39. The molecule has 2 fully saturated rings. The van der Waals surface area contributed by atoms with Crippen molar-refractivity contribution < 1.29 is 9.53 Å². The van der Waals surface area contributed by atoms with Gasteiger partial charge in [-0.25, -0.2) is 0 Å². The monoisotopic (exact) mass is 474 g/mol. The molecule has 0 bridgehead atoms. The fourth-order valence-electron chi connectivity index (χ4n) is 4.32. The molecule has 172 valence electrons. The molecule has 1 aromatic heterocycles. The summed E-state index contributed by atoms with van der Waals surface area (Å²) in [6.45, 7) is 13.4. The second-order valence-corrected chi connectivity index (χ2v) is 10.3. The van der Waals surface area contributed by atoms with Crippen LogP contribution < -0.4 is 10.5 Å². The molecule has 2 unspecified atom stereocenters. The molecular weight excluding hydrogens is 444 g/mol. The zero-order valence-corrected chi connectivity index (χ0v) is 21.1. The Morgan fingerprint density at radius 3 is 2.41 bits per heavy atom. The largest absolute Gasteiger partial charge is 0.372 e. The van der Waals surface area contributed by atoms with Gasteiger partial charge >= 0.3 is 0 Å². The van der Waals surface area contributed by atoms with Crippen molar-refractivity contribution >= 4 is 46.1 Å². The molecule has 0 radical (unpaired) electrons. The summed E-state index contributed by atoms with van der Waals surface area (Å²) in [5, 5.41) is 9.75. The van der Waals surface area contributed by atoms with Crippen LogP contribution in [0.4, 0.5) is 5.82 Å². The Morgan fingerprint density at radius 1 is 1.28 bits per heavy atom. The second-order valence-electron chi connectivity index (χ2n) is 8.61. The van der Waals surface area contributed by atoms with E-state index in [0.717, 1.165) is 17.8 Å². The molecule has 0 saturated carbocycles. The molecule has 3 heterocycles. The van der Waals surface area contributed by atoms with Gasteiger partial charge in [0.2, 0.25) is 0 Å². The number of hydrogen-bond acceptors (Lipinski definition) is 7. The van der Waals surface area contributed by atoms with Gasteiger partial charge in [-0.1, -0.05) is 30.9 Å². The Balaban J connectivity index is 2.28. The highest BCUT2D eigenvalue weighted by atomic mass is 32.2. The Labute approximate surface area is 199 Å². The molecule has 2 aliphatic heterocycles.